The minimum Gasteiger partial charge on any atom is -0.494 e. The lowest BCUT2D eigenvalue weighted by molar-refractivity contribution is -0.118. The number of ketones is 1. The first-order chi connectivity index (χ1) is 13.4. The SMILES string of the molecule is CCOc1ccc(C2C3=C(CC(C)(C)CC3=O)Nc3nc(SCC)nn32)cc1. The maximum absolute atomic E-state index is 13.2. The van der Waals surface area contributed by atoms with Crippen molar-refractivity contribution in [3.05, 3.63) is 41.1 Å². The van der Waals surface area contributed by atoms with Gasteiger partial charge in [0.15, 0.2) is 5.78 Å². The van der Waals surface area contributed by atoms with Crippen molar-refractivity contribution in [1.82, 2.24) is 14.8 Å². The van der Waals surface area contributed by atoms with Crippen molar-refractivity contribution >= 4 is 23.5 Å². The fourth-order valence-corrected chi connectivity index (χ4v) is 4.56. The van der Waals surface area contributed by atoms with Gasteiger partial charge in [0, 0.05) is 17.7 Å². The average molecular weight is 399 g/mol. The van der Waals surface area contributed by atoms with E-state index < -0.39 is 0 Å². The van der Waals surface area contributed by atoms with E-state index in [2.05, 4.69) is 31.1 Å². The summed E-state index contributed by atoms with van der Waals surface area (Å²) in [4.78, 5) is 17.8. The van der Waals surface area contributed by atoms with Gasteiger partial charge in [-0.15, -0.1) is 5.10 Å². The van der Waals surface area contributed by atoms with Crippen molar-refractivity contribution in [1.29, 1.82) is 0 Å². The highest BCUT2D eigenvalue weighted by Crippen LogP contribution is 2.45. The number of nitrogens with one attached hydrogen (secondary N) is 1. The lowest BCUT2D eigenvalue weighted by Crippen LogP contribution is -2.36. The molecule has 28 heavy (non-hydrogen) atoms. The number of carbonyl (C=O) groups is 1. The van der Waals surface area contributed by atoms with Crippen LogP contribution in [0.15, 0.2) is 40.7 Å². The van der Waals surface area contributed by atoms with Gasteiger partial charge >= 0.3 is 0 Å². The van der Waals surface area contributed by atoms with Crippen molar-refractivity contribution in [3.63, 3.8) is 0 Å². The zero-order valence-electron chi connectivity index (χ0n) is 16.8. The Morgan fingerprint density at radius 2 is 2.00 bits per heavy atom. The van der Waals surface area contributed by atoms with Crippen LogP contribution in [0, 0.1) is 5.41 Å². The highest BCUT2D eigenvalue weighted by atomic mass is 32.2. The molecule has 1 unspecified atom stereocenters. The van der Waals surface area contributed by atoms with Crippen LogP contribution in [0.5, 0.6) is 5.75 Å². The molecule has 0 fully saturated rings. The summed E-state index contributed by atoms with van der Waals surface area (Å²) >= 11 is 1.60. The van der Waals surface area contributed by atoms with Gasteiger partial charge in [-0.1, -0.05) is 44.7 Å². The van der Waals surface area contributed by atoms with E-state index in [1.807, 2.05) is 35.9 Å². The molecule has 1 aromatic heterocycles. The first-order valence-corrected chi connectivity index (χ1v) is 10.8. The molecule has 4 rings (SSSR count). The quantitative estimate of drug-likeness (QED) is 0.751. The Bertz CT molecular complexity index is 930. The number of fused-ring (bicyclic) bond motifs is 1. The molecule has 2 heterocycles. The highest BCUT2D eigenvalue weighted by molar-refractivity contribution is 7.99. The summed E-state index contributed by atoms with van der Waals surface area (Å²) in [6, 6.07) is 7.70. The molecule has 0 amide bonds. The molecule has 0 bridgehead atoms. The van der Waals surface area contributed by atoms with Crippen molar-refractivity contribution < 1.29 is 9.53 Å². The third-order valence-corrected chi connectivity index (χ3v) is 5.81. The maximum atomic E-state index is 13.2. The molecule has 1 aliphatic heterocycles. The molecule has 0 spiro atoms. The number of rotatable bonds is 5. The molecule has 6 nitrogen and oxygen atoms in total. The molecule has 148 valence electrons. The van der Waals surface area contributed by atoms with Gasteiger partial charge in [-0.2, -0.15) is 4.98 Å². The van der Waals surface area contributed by atoms with Crippen LogP contribution in [0.25, 0.3) is 0 Å². The van der Waals surface area contributed by atoms with Crippen LogP contribution < -0.4 is 10.1 Å². The van der Waals surface area contributed by atoms with E-state index in [9.17, 15) is 4.79 Å². The van der Waals surface area contributed by atoms with Crippen molar-refractivity contribution in [2.45, 2.75) is 51.7 Å². The maximum Gasteiger partial charge on any atom is 0.227 e. The number of carbonyl (C=O) groups excluding carboxylic acids is 1. The number of aromatic nitrogens is 3. The summed E-state index contributed by atoms with van der Waals surface area (Å²) in [6.45, 7) is 8.95. The van der Waals surface area contributed by atoms with Gasteiger partial charge in [-0.05, 0) is 42.2 Å². The predicted molar refractivity (Wildman–Crippen MR) is 111 cm³/mol. The molecule has 1 atom stereocenters. The van der Waals surface area contributed by atoms with Crippen LogP contribution in [0.4, 0.5) is 5.95 Å². The zero-order chi connectivity index (χ0) is 19.9. The molecular formula is C21H26N4O2S. The summed E-state index contributed by atoms with van der Waals surface area (Å²) < 4.78 is 7.44. The summed E-state index contributed by atoms with van der Waals surface area (Å²) in [5, 5.41) is 8.84. The summed E-state index contributed by atoms with van der Waals surface area (Å²) in [5.41, 5.74) is 2.75. The first-order valence-electron chi connectivity index (χ1n) is 9.77. The second-order valence-electron chi connectivity index (χ2n) is 7.96. The predicted octanol–water partition coefficient (Wildman–Crippen LogP) is 4.45. The molecule has 2 aliphatic rings. The Labute approximate surface area is 169 Å². The van der Waals surface area contributed by atoms with E-state index in [0.29, 0.717) is 19.0 Å². The topological polar surface area (TPSA) is 69.0 Å². The fraction of sp³-hybridized carbons (Fsp3) is 0.476. The molecule has 2 aromatic rings. The lowest BCUT2D eigenvalue weighted by atomic mass is 9.73. The van der Waals surface area contributed by atoms with E-state index in [0.717, 1.165) is 39.9 Å². The number of hydrogen-bond donors (Lipinski definition) is 1. The van der Waals surface area contributed by atoms with Crippen LogP contribution in [-0.4, -0.2) is 32.9 Å². The van der Waals surface area contributed by atoms with Crippen LogP contribution >= 0.6 is 11.8 Å². The second kappa shape index (κ2) is 7.28. The van der Waals surface area contributed by atoms with Gasteiger partial charge in [-0.25, -0.2) is 4.68 Å². The van der Waals surface area contributed by atoms with Crippen LogP contribution in [0.3, 0.4) is 0 Å². The molecule has 0 saturated heterocycles. The van der Waals surface area contributed by atoms with Gasteiger partial charge in [0.05, 0.1) is 6.61 Å². The lowest BCUT2D eigenvalue weighted by Gasteiger charge is -2.38. The standard InChI is InChI=1S/C21H26N4O2S/c1-5-27-14-9-7-13(8-10-14)18-17-15(11-21(3,4)12-16(17)26)22-19-23-20(28-6-2)24-25(18)19/h7-10,18H,5-6,11-12H2,1-4H3,(H,22,23,24). The Morgan fingerprint density at radius 3 is 2.68 bits per heavy atom. The third kappa shape index (κ3) is 3.43. The average Bonchev–Trinajstić information content (AvgIpc) is 3.02. The summed E-state index contributed by atoms with van der Waals surface area (Å²) in [6.07, 6.45) is 1.37. The fourth-order valence-electron chi connectivity index (χ4n) is 4.00. The number of hydrogen-bond acceptors (Lipinski definition) is 6. The molecule has 1 aromatic carbocycles. The van der Waals surface area contributed by atoms with E-state index in [-0.39, 0.29) is 17.2 Å². The largest absolute Gasteiger partial charge is 0.494 e. The van der Waals surface area contributed by atoms with Gasteiger partial charge in [-0.3, -0.25) is 4.79 Å². The third-order valence-electron chi connectivity index (χ3n) is 5.09. The van der Waals surface area contributed by atoms with Crippen molar-refractivity contribution in [2.24, 2.45) is 5.41 Å². The summed E-state index contributed by atoms with van der Waals surface area (Å²) in [5.74, 6) is 2.62. The number of ether oxygens (including phenoxy) is 1. The molecule has 0 radical (unpaired) electrons. The van der Waals surface area contributed by atoms with Crippen molar-refractivity contribution in [2.75, 3.05) is 17.7 Å². The number of thioether (sulfide) groups is 1. The van der Waals surface area contributed by atoms with E-state index in [1.165, 1.54) is 0 Å². The Morgan fingerprint density at radius 1 is 1.25 bits per heavy atom. The van der Waals surface area contributed by atoms with E-state index in [1.54, 1.807) is 11.8 Å². The Hall–Kier alpha value is -2.28. The normalized spacial score (nSPS) is 20.4. The molecule has 7 heteroatoms. The van der Waals surface area contributed by atoms with Gasteiger partial charge < -0.3 is 10.1 Å². The Balaban J connectivity index is 1.82. The minimum atomic E-state index is -0.260. The Kier molecular flexibility index (Phi) is 4.95. The van der Waals surface area contributed by atoms with Crippen LogP contribution in [0.2, 0.25) is 0 Å². The number of nitrogens with zero attached hydrogens (tertiary/aromatic N) is 3. The first kappa shape index (κ1) is 19.1. The van der Waals surface area contributed by atoms with Crippen LogP contribution in [0.1, 0.15) is 52.1 Å². The second-order valence-corrected chi connectivity index (χ2v) is 9.19. The van der Waals surface area contributed by atoms with Crippen LogP contribution in [-0.2, 0) is 4.79 Å². The van der Waals surface area contributed by atoms with E-state index in [4.69, 9.17) is 9.84 Å². The monoisotopic (exact) mass is 398 g/mol. The molecule has 1 N–H and O–H groups in total. The number of allylic oxidation sites excluding steroid dienone is 2. The van der Waals surface area contributed by atoms with Gasteiger partial charge in [0.1, 0.15) is 11.8 Å². The molecular weight excluding hydrogens is 372 g/mol. The number of Topliss-reactive ketones (excluding diaryl/α,β-unsaturated/α-hetero) is 1. The number of anilines is 1. The summed E-state index contributed by atoms with van der Waals surface area (Å²) in [7, 11) is 0. The molecule has 0 saturated carbocycles. The van der Waals surface area contributed by atoms with Crippen molar-refractivity contribution in [3.8, 4) is 5.75 Å². The van der Waals surface area contributed by atoms with E-state index >= 15 is 0 Å². The smallest absolute Gasteiger partial charge is 0.227 e. The van der Waals surface area contributed by atoms with Gasteiger partial charge in [0.2, 0.25) is 11.1 Å². The zero-order valence-corrected chi connectivity index (χ0v) is 17.6. The van der Waals surface area contributed by atoms with Gasteiger partial charge in [0.25, 0.3) is 0 Å². The number of benzene rings is 1. The molecule has 1 aliphatic carbocycles. The minimum absolute atomic E-state index is 0.0600. The highest BCUT2D eigenvalue weighted by Gasteiger charge is 2.41.